The largest absolute Gasteiger partial charge is 0.365 e. The molecule has 2 amide bonds. The fourth-order valence-electron chi connectivity index (χ4n) is 2.91. The predicted molar refractivity (Wildman–Crippen MR) is 84.7 cm³/mol. The smallest absolute Gasteiger partial charge is 0.254 e. The Morgan fingerprint density at radius 2 is 2.00 bits per heavy atom. The molecule has 1 aromatic carbocycles. The molecule has 0 saturated carbocycles. The number of benzene rings is 1. The minimum atomic E-state index is -0.544. The van der Waals surface area contributed by atoms with Gasteiger partial charge in [0.05, 0.1) is 17.3 Å². The van der Waals surface area contributed by atoms with Gasteiger partial charge in [-0.1, -0.05) is 18.2 Å². The second kappa shape index (κ2) is 6.16. The first kappa shape index (κ1) is 15.1. The number of primary amides is 1. The molecule has 1 aliphatic heterocycles. The zero-order valence-electron chi connectivity index (χ0n) is 12.9. The number of carbonyl (C=O) groups is 2. The lowest BCUT2D eigenvalue weighted by Gasteiger charge is -2.24. The van der Waals surface area contributed by atoms with Crippen LogP contribution in [0.2, 0.25) is 0 Å². The van der Waals surface area contributed by atoms with Crippen molar-refractivity contribution < 1.29 is 9.59 Å². The van der Waals surface area contributed by atoms with Crippen molar-refractivity contribution in [1.82, 2.24) is 14.9 Å². The Morgan fingerprint density at radius 1 is 1.26 bits per heavy atom. The average molecular weight is 310 g/mol. The van der Waals surface area contributed by atoms with Crippen LogP contribution in [-0.4, -0.2) is 33.2 Å². The van der Waals surface area contributed by atoms with Gasteiger partial charge in [0.1, 0.15) is 0 Å². The highest BCUT2D eigenvalue weighted by atomic mass is 16.2. The minimum absolute atomic E-state index is 0.0201. The van der Waals surface area contributed by atoms with Gasteiger partial charge in [-0.3, -0.25) is 9.59 Å². The predicted octanol–water partition coefficient (Wildman–Crippen LogP) is 1.86. The van der Waals surface area contributed by atoms with Gasteiger partial charge >= 0.3 is 0 Å². The van der Waals surface area contributed by atoms with Crippen LogP contribution in [0.15, 0.2) is 36.5 Å². The van der Waals surface area contributed by atoms with Gasteiger partial charge < -0.3 is 10.6 Å². The summed E-state index contributed by atoms with van der Waals surface area (Å²) in [5.41, 5.74) is 6.80. The first-order valence-corrected chi connectivity index (χ1v) is 7.57. The molecule has 0 spiro atoms. The second-order valence-electron chi connectivity index (χ2n) is 5.61. The second-order valence-corrected chi connectivity index (χ2v) is 5.61. The number of amides is 2. The van der Waals surface area contributed by atoms with Crippen molar-refractivity contribution in [3.8, 4) is 0 Å². The number of rotatable bonds is 3. The first-order chi connectivity index (χ1) is 11.1. The summed E-state index contributed by atoms with van der Waals surface area (Å²) in [6.45, 7) is 2.40. The number of nitrogens with zero attached hydrogens (tertiary/aromatic N) is 3. The van der Waals surface area contributed by atoms with Crippen molar-refractivity contribution in [2.24, 2.45) is 5.73 Å². The van der Waals surface area contributed by atoms with E-state index in [9.17, 15) is 9.59 Å². The van der Waals surface area contributed by atoms with E-state index in [0.29, 0.717) is 29.2 Å². The summed E-state index contributed by atoms with van der Waals surface area (Å²) in [5.74, 6) is 0.000280. The Labute approximate surface area is 134 Å². The Balaban J connectivity index is 1.89. The normalized spacial score (nSPS) is 17.3. The van der Waals surface area contributed by atoms with E-state index in [2.05, 4.69) is 9.97 Å². The SMILES string of the molecule is Cc1nc([C@H]2CCCN2C(=O)c2ccccc2)ncc1C(N)=O. The van der Waals surface area contributed by atoms with E-state index in [1.807, 2.05) is 18.2 Å². The van der Waals surface area contributed by atoms with Crippen LogP contribution in [0.4, 0.5) is 0 Å². The summed E-state index contributed by atoms with van der Waals surface area (Å²) in [7, 11) is 0. The molecular weight excluding hydrogens is 292 g/mol. The van der Waals surface area contributed by atoms with E-state index in [1.165, 1.54) is 6.20 Å². The van der Waals surface area contributed by atoms with Crippen molar-refractivity contribution in [1.29, 1.82) is 0 Å². The van der Waals surface area contributed by atoms with E-state index < -0.39 is 5.91 Å². The van der Waals surface area contributed by atoms with Crippen LogP contribution in [-0.2, 0) is 0 Å². The minimum Gasteiger partial charge on any atom is -0.365 e. The summed E-state index contributed by atoms with van der Waals surface area (Å²) in [6.07, 6.45) is 3.17. The maximum Gasteiger partial charge on any atom is 0.254 e. The lowest BCUT2D eigenvalue weighted by molar-refractivity contribution is 0.0729. The summed E-state index contributed by atoms with van der Waals surface area (Å²) in [4.78, 5) is 34.4. The third kappa shape index (κ3) is 2.92. The summed E-state index contributed by atoms with van der Waals surface area (Å²) in [6, 6.07) is 9.03. The zero-order valence-corrected chi connectivity index (χ0v) is 12.9. The molecule has 2 N–H and O–H groups in total. The maximum absolute atomic E-state index is 12.7. The monoisotopic (exact) mass is 310 g/mol. The third-order valence-electron chi connectivity index (χ3n) is 4.10. The first-order valence-electron chi connectivity index (χ1n) is 7.57. The molecule has 118 valence electrons. The molecule has 0 radical (unpaired) electrons. The quantitative estimate of drug-likeness (QED) is 0.937. The molecule has 1 aromatic heterocycles. The highest BCUT2D eigenvalue weighted by molar-refractivity contribution is 5.95. The summed E-state index contributed by atoms with van der Waals surface area (Å²) in [5, 5.41) is 0. The highest BCUT2D eigenvalue weighted by Gasteiger charge is 2.32. The van der Waals surface area contributed by atoms with Crippen LogP contribution in [0.5, 0.6) is 0 Å². The van der Waals surface area contributed by atoms with Crippen molar-refractivity contribution in [3.63, 3.8) is 0 Å². The summed E-state index contributed by atoms with van der Waals surface area (Å²) >= 11 is 0. The van der Waals surface area contributed by atoms with Crippen LogP contribution in [0.25, 0.3) is 0 Å². The van der Waals surface area contributed by atoms with Gasteiger partial charge in [0, 0.05) is 18.3 Å². The molecule has 6 nitrogen and oxygen atoms in total. The highest BCUT2D eigenvalue weighted by Crippen LogP contribution is 2.31. The van der Waals surface area contributed by atoms with Gasteiger partial charge in [0.2, 0.25) is 0 Å². The fraction of sp³-hybridized carbons (Fsp3) is 0.294. The van der Waals surface area contributed by atoms with E-state index in [-0.39, 0.29) is 11.9 Å². The fourth-order valence-corrected chi connectivity index (χ4v) is 2.91. The molecule has 0 bridgehead atoms. The molecule has 1 saturated heterocycles. The number of carbonyl (C=O) groups excluding carboxylic acids is 2. The Bertz CT molecular complexity index is 746. The average Bonchev–Trinajstić information content (AvgIpc) is 3.04. The van der Waals surface area contributed by atoms with Crippen LogP contribution in [0.3, 0.4) is 0 Å². The van der Waals surface area contributed by atoms with Gasteiger partial charge in [-0.2, -0.15) is 0 Å². The van der Waals surface area contributed by atoms with Crippen molar-refractivity contribution in [2.45, 2.75) is 25.8 Å². The number of aryl methyl sites for hydroxylation is 1. The standard InChI is InChI=1S/C17H18N4O2/c1-11-13(15(18)22)10-19-16(20-11)14-8-5-9-21(14)17(23)12-6-3-2-4-7-12/h2-4,6-7,10,14H,5,8-9H2,1H3,(H2,18,22)/t14-/m1/s1. The van der Waals surface area contributed by atoms with Crippen molar-refractivity contribution in [3.05, 3.63) is 59.2 Å². The molecule has 6 heteroatoms. The molecule has 1 fully saturated rings. The number of aromatic nitrogens is 2. The van der Waals surface area contributed by atoms with Crippen LogP contribution >= 0.6 is 0 Å². The van der Waals surface area contributed by atoms with E-state index in [0.717, 1.165) is 12.8 Å². The number of likely N-dealkylation sites (tertiary alicyclic amines) is 1. The number of hydrogen-bond acceptors (Lipinski definition) is 4. The molecule has 1 aliphatic rings. The van der Waals surface area contributed by atoms with Crippen molar-refractivity contribution >= 4 is 11.8 Å². The van der Waals surface area contributed by atoms with E-state index in [1.54, 1.807) is 24.0 Å². The Hall–Kier alpha value is -2.76. The van der Waals surface area contributed by atoms with Crippen LogP contribution < -0.4 is 5.73 Å². The van der Waals surface area contributed by atoms with Crippen molar-refractivity contribution in [2.75, 3.05) is 6.54 Å². The Kier molecular flexibility index (Phi) is 4.06. The molecule has 2 aromatic rings. The molecule has 0 unspecified atom stereocenters. The van der Waals surface area contributed by atoms with Gasteiger partial charge in [0.25, 0.3) is 11.8 Å². The van der Waals surface area contributed by atoms with Gasteiger partial charge in [-0.05, 0) is 31.9 Å². The zero-order chi connectivity index (χ0) is 16.4. The number of hydrogen-bond donors (Lipinski definition) is 1. The van der Waals surface area contributed by atoms with E-state index in [4.69, 9.17) is 5.73 Å². The molecule has 3 rings (SSSR count). The van der Waals surface area contributed by atoms with E-state index >= 15 is 0 Å². The lowest BCUT2D eigenvalue weighted by Crippen LogP contribution is -2.31. The molecular formula is C17H18N4O2. The summed E-state index contributed by atoms with van der Waals surface area (Å²) < 4.78 is 0. The topological polar surface area (TPSA) is 89.2 Å². The molecule has 1 atom stereocenters. The number of nitrogens with two attached hydrogens (primary N) is 1. The van der Waals surface area contributed by atoms with Crippen LogP contribution in [0, 0.1) is 6.92 Å². The Morgan fingerprint density at radius 3 is 2.65 bits per heavy atom. The molecule has 2 heterocycles. The van der Waals surface area contributed by atoms with Crippen LogP contribution in [0.1, 0.15) is 51.1 Å². The molecule has 23 heavy (non-hydrogen) atoms. The lowest BCUT2D eigenvalue weighted by atomic mass is 10.1. The maximum atomic E-state index is 12.7. The van der Waals surface area contributed by atoms with Gasteiger partial charge in [-0.25, -0.2) is 9.97 Å². The third-order valence-corrected chi connectivity index (χ3v) is 4.10. The van der Waals surface area contributed by atoms with Gasteiger partial charge in [-0.15, -0.1) is 0 Å². The molecule has 0 aliphatic carbocycles. The van der Waals surface area contributed by atoms with Gasteiger partial charge in [0.15, 0.2) is 5.82 Å².